The number of rotatable bonds is 3. The van der Waals surface area contributed by atoms with E-state index in [4.69, 9.17) is 10.8 Å². The Bertz CT molecular complexity index is 743. The number of hydrogen-bond acceptors (Lipinski definition) is 4. The minimum Gasteiger partial charge on any atom is -0.478 e. The van der Waals surface area contributed by atoms with E-state index >= 15 is 0 Å². The van der Waals surface area contributed by atoms with Crippen LogP contribution in [0.15, 0.2) is 36.4 Å². The van der Waals surface area contributed by atoms with E-state index in [0.29, 0.717) is 18.9 Å². The lowest BCUT2D eigenvalue weighted by molar-refractivity contribution is 0.0696. The van der Waals surface area contributed by atoms with E-state index < -0.39 is 11.9 Å². The number of nitrogens with zero attached hydrogens (tertiary/aromatic N) is 2. The van der Waals surface area contributed by atoms with Crippen LogP contribution in [0.2, 0.25) is 0 Å². The van der Waals surface area contributed by atoms with Gasteiger partial charge in [-0.15, -0.1) is 0 Å². The number of anilines is 1. The molecule has 0 saturated heterocycles. The average Bonchev–Trinajstić information content (AvgIpc) is 2.90. The maximum Gasteiger partial charge on any atom is 0.335 e. The van der Waals surface area contributed by atoms with E-state index in [1.807, 2.05) is 11.0 Å². The van der Waals surface area contributed by atoms with Crippen molar-refractivity contribution in [3.8, 4) is 0 Å². The highest BCUT2D eigenvalue weighted by atomic mass is 16.4. The molecule has 1 aliphatic rings. The van der Waals surface area contributed by atoms with Gasteiger partial charge in [0.15, 0.2) is 0 Å². The summed E-state index contributed by atoms with van der Waals surface area (Å²) >= 11 is 0. The zero-order valence-corrected chi connectivity index (χ0v) is 11.1. The van der Waals surface area contributed by atoms with Crippen molar-refractivity contribution in [1.82, 2.24) is 4.98 Å². The van der Waals surface area contributed by atoms with Crippen LogP contribution in [0.3, 0.4) is 0 Å². The van der Waals surface area contributed by atoms with E-state index in [1.54, 1.807) is 30.3 Å². The summed E-state index contributed by atoms with van der Waals surface area (Å²) in [6.45, 7) is 1.19. The molecule has 2 heterocycles. The average molecular weight is 283 g/mol. The Balaban J connectivity index is 1.89. The molecule has 0 fully saturated rings. The van der Waals surface area contributed by atoms with Crippen molar-refractivity contribution in [3.63, 3.8) is 0 Å². The van der Waals surface area contributed by atoms with Gasteiger partial charge < -0.3 is 15.7 Å². The minimum atomic E-state index is -0.940. The maximum atomic E-state index is 11.2. The molecule has 0 aliphatic carbocycles. The summed E-state index contributed by atoms with van der Waals surface area (Å²) in [5.74, 6) is -0.855. The highest BCUT2D eigenvalue weighted by Crippen LogP contribution is 2.27. The first-order valence-electron chi connectivity index (χ1n) is 6.41. The van der Waals surface area contributed by atoms with Gasteiger partial charge in [-0.25, -0.2) is 9.78 Å². The Morgan fingerprint density at radius 2 is 1.90 bits per heavy atom. The summed E-state index contributed by atoms with van der Waals surface area (Å²) in [4.78, 5) is 28.4. The molecule has 1 aromatic heterocycles. The number of carbonyl (C=O) groups excluding carboxylic acids is 1. The molecule has 21 heavy (non-hydrogen) atoms. The van der Waals surface area contributed by atoms with Crippen molar-refractivity contribution >= 4 is 17.7 Å². The number of nitrogens with two attached hydrogens (primary N) is 1. The molecule has 1 aromatic carbocycles. The van der Waals surface area contributed by atoms with Gasteiger partial charge in [0.25, 0.3) is 5.91 Å². The first-order chi connectivity index (χ1) is 10.0. The number of pyridine rings is 1. The Labute approximate surface area is 120 Å². The molecule has 2 aromatic rings. The van der Waals surface area contributed by atoms with Crippen LogP contribution in [-0.2, 0) is 13.1 Å². The third-order valence-electron chi connectivity index (χ3n) is 3.49. The van der Waals surface area contributed by atoms with E-state index in [0.717, 1.165) is 11.1 Å². The first-order valence-corrected chi connectivity index (χ1v) is 6.41. The van der Waals surface area contributed by atoms with Crippen molar-refractivity contribution in [2.75, 3.05) is 4.90 Å². The Kier molecular flexibility index (Phi) is 3.06. The summed E-state index contributed by atoms with van der Waals surface area (Å²) in [5.41, 5.74) is 7.74. The van der Waals surface area contributed by atoms with Gasteiger partial charge in [-0.05, 0) is 35.4 Å². The van der Waals surface area contributed by atoms with Crippen LogP contribution in [0.4, 0.5) is 5.82 Å². The highest BCUT2D eigenvalue weighted by molar-refractivity contribution is 5.91. The fourth-order valence-electron chi connectivity index (χ4n) is 2.43. The predicted octanol–water partition coefficient (Wildman–Crippen LogP) is 1.40. The van der Waals surface area contributed by atoms with Gasteiger partial charge in [0.05, 0.1) is 5.56 Å². The highest BCUT2D eigenvalue weighted by Gasteiger charge is 2.21. The molecule has 106 valence electrons. The van der Waals surface area contributed by atoms with Gasteiger partial charge >= 0.3 is 5.97 Å². The Hall–Kier alpha value is -2.89. The second-order valence-electron chi connectivity index (χ2n) is 4.89. The van der Waals surface area contributed by atoms with Crippen LogP contribution in [-0.4, -0.2) is 22.0 Å². The van der Waals surface area contributed by atoms with Crippen molar-refractivity contribution in [2.45, 2.75) is 13.1 Å². The number of hydrogen-bond donors (Lipinski definition) is 2. The fraction of sp³-hybridized carbons (Fsp3) is 0.133. The second kappa shape index (κ2) is 4.90. The molecule has 0 saturated carbocycles. The van der Waals surface area contributed by atoms with Crippen LogP contribution in [0, 0.1) is 0 Å². The number of aromatic carboxylic acids is 1. The molecule has 0 unspecified atom stereocenters. The predicted molar refractivity (Wildman–Crippen MR) is 76.0 cm³/mol. The van der Waals surface area contributed by atoms with Crippen LogP contribution in [0.5, 0.6) is 0 Å². The number of primary amides is 1. The van der Waals surface area contributed by atoms with Gasteiger partial charge in [-0.1, -0.05) is 12.1 Å². The van der Waals surface area contributed by atoms with Gasteiger partial charge in [0.1, 0.15) is 11.5 Å². The monoisotopic (exact) mass is 283 g/mol. The summed E-state index contributed by atoms with van der Waals surface area (Å²) in [6, 6.07) is 10.2. The summed E-state index contributed by atoms with van der Waals surface area (Å²) in [7, 11) is 0. The normalized spacial score (nSPS) is 13.0. The summed E-state index contributed by atoms with van der Waals surface area (Å²) in [5, 5.41) is 9.02. The van der Waals surface area contributed by atoms with Gasteiger partial charge in [-0.2, -0.15) is 0 Å². The molecular weight excluding hydrogens is 270 g/mol. The fourth-order valence-corrected chi connectivity index (χ4v) is 2.43. The molecule has 3 rings (SSSR count). The lowest BCUT2D eigenvalue weighted by Gasteiger charge is -2.16. The Morgan fingerprint density at radius 1 is 1.14 bits per heavy atom. The third kappa shape index (κ3) is 2.43. The zero-order valence-electron chi connectivity index (χ0n) is 11.1. The number of amides is 1. The topological polar surface area (TPSA) is 96.5 Å². The zero-order chi connectivity index (χ0) is 15.0. The molecule has 1 aliphatic heterocycles. The number of carboxylic acid groups (broad SMARTS) is 1. The quantitative estimate of drug-likeness (QED) is 0.887. The molecular formula is C15H13N3O3. The molecule has 0 spiro atoms. The molecule has 0 atom stereocenters. The van der Waals surface area contributed by atoms with Crippen molar-refractivity contribution in [2.24, 2.45) is 5.73 Å². The van der Waals surface area contributed by atoms with Crippen molar-refractivity contribution < 1.29 is 14.7 Å². The molecule has 1 amide bonds. The smallest absolute Gasteiger partial charge is 0.335 e. The standard InChI is InChI=1S/C15H13N3O3/c16-14(19)12-2-1-3-13(17-12)18-7-10-5-4-9(15(20)21)6-11(10)8-18/h1-6H,7-8H2,(H2,16,19)(H,20,21). The van der Waals surface area contributed by atoms with Crippen molar-refractivity contribution in [3.05, 3.63) is 58.8 Å². The van der Waals surface area contributed by atoms with Crippen LogP contribution >= 0.6 is 0 Å². The summed E-state index contributed by atoms with van der Waals surface area (Å²) < 4.78 is 0. The number of carboxylic acids is 1. The van der Waals surface area contributed by atoms with E-state index in [1.165, 1.54) is 0 Å². The SMILES string of the molecule is NC(=O)c1cccc(N2Cc3ccc(C(=O)O)cc3C2)n1. The minimum absolute atomic E-state index is 0.217. The number of carbonyl (C=O) groups is 2. The molecule has 6 nitrogen and oxygen atoms in total. The number of benzene rings is 1. The number of aromatic nitrogens is 1. The lowest BCUT2D eigenvalue weighted by atomic mass is 10.1. The lowest BCUT2D eigenvalue weighted by Crippen LogP contribution is -2.19. The van der Waals surface area contributed by atoms with Crippen LogP contribution < -0.4 is 10.6 Å². The first kappa shape index (κ1) is 13.1. The molecule has 0 bridgehead atoms. The van der Waals surface area contributed by atoms with Crippen molar-refractivity contribution in [1.29, 1.82) is 0 Å². The van der Waals surface area contributed by atoms with Gasteiger partial charge in [0, 0.05) is 13.1 Å². The maximum absolute atomic E-state index is 11.2. The van der Waals surface area contributed by atoms with Gasteiger partial charge in [-0.3, -0.25) is 4.79 Å². The van der Waals surface area contributed by atoms with E-state index in [-0.39, 0.29) is 11.3 Å². The van der Waals surface area contributed by atoms with Crippen LogP contribution in [0.1, 0.15) is 32.0 Å². The largest absolute Gasteiger partial charge is 0.478 e. The van der Waals surface area contributed by atoms with E-state index in [2.05, 4.69) is 4.98 Å². The van der Waals surface area contributed by atoms with Gasteiger partial charge in [0.2, 0.25) is 0 Å². The Morgan fingerprint density at radius 3 is 2.62 bits per heavy atom. The summed E-state index contributed by atoms with van der Waals surface area (Å²) in [6.07, 6.45) is 0. The molecule has 6 heteroatoms. The van der Waals surface area contributed by atoms with E-state index in [9.17, 15) is 9.59 Å². The second-order valence-corrected chi connectivity index (χ2v) is 4.89. The molecule has 3 N–H and O–H groups in total. The number of fused-ring (bicyclic) bond motifs is 1. The van der Waals surface area contributed by atoms with Crippen LogP contribution in [0.25, 0.3) is 0 Å². The third-order valence-corrected chi connectivity index (χ3v) is 3.49. The molecule has 0 radical (unpaired) electrons.